The summed E-state index contributed by atoms with van der Waals surface area (Å²) in [5.74, 6) is 0.802. The molecule has 0 saturated heterocycles. The molecule has 0 unspecified atom stereocenters. The van der Waals surface area contributed by atoms with Crippen molar-refractivity contribution in [2.75, 3.05) is 6.54 Å². The lowest BCUT2D eigenvalue weighted by atomic mass is 10.1. The molecule has 3 rings (SSSR count). The lowest BCUT2D eigenvalue weighted by Crippen LogP contribution is -2.36. The average Bonchev–Trinajstić information content (AvgIpc) is 2.64. The molecule has 0 spiro atoms. The molecule has 4 nitrogen and oxygen atoms in total. The third kappa shape index (κ3) is 4.32. The van der Waals surface area contributed by atoms with E-state index in [4.69, 9.17) is 0 Å². The van der Waals surface area contributed by atoms with Crippen molar-refractivity contribution in [3.05, 3.63) is 78.1 Å². The van der Waals surface area contributed by atoms with Gasteiger partial charge in [0, 0.05) is 12.7 Å². The summed E-state index contributed by atoms with van der Waals surface area (Å²) in [7, 11) is 0. The molecule has 1 heterocycles. The van der Waals surface area contributed by atoms with Crippen LogP contribution in [0.1, 0.15) is 18.2 Å². The Kier molecular flexibility index (Phi) is 5.40. The van der Waals surface area contributed by atoms with E-state index < -0.39 is 0 Å². The number of hydrogen-bond donors (Lipinski definition) is 2. The molecular weight excluding hydrogens is 296 g/mol. The first-order valence-corrected chi connectivity index (χ1v) is 8.25. The van der Waals surface area contributed by atoms with Crippen LogP contribution in [-0.4, -0.2) is 17.5 Å². The zero-order valence-electron chi connectivity index (χ0n) is 13.9. The van der Waals surface area contributed by atoms with E-state index in [0.717, 1.165) is 18.2 Å². The Morgan fingerprint density at radius 3 is 2.58 bits per heavy atom. The van der Waals surface area contributed by atoms with Gasteiger partial charge < -0.3 is 10.6 Å². The van der Waals surface area contributed by atoms with Crippen molar-refractivity contribution in [3.63, 3.8) is 0 Å². The normalized spacial score (nSPS) is 11.5. The summed E-state index contributed by atoms with van der Waals surface area (Å²) in [6, 6.07) is 20.8. The zero-order chi connectivity index (χ0) is 16.6. The second-order valence-electron chi connectivity index (χ2n) is 5.55. The molecule has 0 fully saturated rings. The van der Waals surface area contributed by atoms with E-state index in [-0.39, 0.29) is 0 Å². The van der Waals surface area contributed by atoms with E-state index in [9.17, 15) is 0 Å². The van der Waals surface area contributed by atoms with Crippen molar-refractivity contribution in [2.24, 2.45) is 4.99 Å². The molecule has 4 heteroatoms. The van der Waals surface area contributed by atoms with Crippen molar-refractivity contribution in [1.29, 1.82) is 0 Å². The minimum atomic E-state index is 0.641. The standard InChI is InChI=1S/C20H22N4/c1-2-21-20(24-15-19-9-5-6-12-22-19)23-14-16-10-11-17-7-3-4-8-18(17)13-16/h3-13H,2,14-15H2,1H3,(H2,21,23,24). The van der Waals surface area contributed by atoms with Gasteiger partial charge in [0.15, 0.2) is 5.96 Å². The fourth-order valence-corrected chi connectivity index (χ4v) is 2.53. The molecule has 0 aliphatic carbocycles. The molecule has 24 heavy (non-hydrogen) atoms. The summed E-state index contributed by atoms with van der Waals surface area (Å²) in [4.78, 5) is 8.99. The second-order valence-corrected chi connectivity index (χ2v) is 5.55. The monoisotopic (exact) mass is 318 g/mol. The van der Waals surface area contributed by atoms with Crippen LogP contribution in [0.5, 0.6) is 0 Å². The van der Waals surface area contributed by atoms with Gasteiger partial charge in [0.2, 0.25) is 0 Å². The molecule has 2 aromatic carbocycles. The van der Waals surface area contributed by atoms with Crippen LogP contribution in [-0.2, 0) is 13.1 Å². The topological polar surface area (TPSA) is 49.3 Å². The molecule has 0 atom stereocenters. The molecular formula is C20H22N4. The number of benzene rings is 2. The highest BCUT2D eigenvalue weighted by atomic mass is 15.2. The van der Waals surface area contributed by atoms with Gasteiger partial charge >= 0.3 is 0 Å². The Balaban J connectivity index is 1.67. The highest BCUT2D eigenvalue weighted by Crippen LogP contribution is 2.16. The van der Waals surface area contributed by atoms with Crippen LogP contribution < -0.4 is 10.6 Å². The molecule has 0 amide bonds. The van der Waals surface area contributed by atoms with E-state index in [1.165, 1.54) is 16.3 Å². The van der Waals surface area contributed by atoms with E-state index in [0.29, 0.717) is 13.1 Å². The number of hydrogen-bond acceptors (Lipinski definition) is 2. The maximum absolute atomic E-state index is 4.67. The minimum Gasteiger partial charge on any atom is -0.357 e. The van der Waals surface area contributed by atoms with Crippen LogP contribution in [0, 0.1) is 0 Å². The molecule has 0 radical (unpaired) electrons. The van der Waals surface area contributed by atoms with E-state index in [2.05, 4.69) is 70.0 Å². The third-order valence-corrected chi connectivity index (χ3v) is 3.74. The Morgan fingerprint density at radius 1 is 0.958 bits per heavy atom. The number of nitrogens with one attached hydrogen (secondary N) is 2. The molecule has 122 valence electrons. The van der Waals surface area contributed by atoms with Gasteiger partial charge in [-0.25, -0.2) is 4.99 Å². The summed E-state index contributed by atoms with van der Waals surface area (Å²) < 4.78 is 0. The van der Waals surface area contributed by atoms with E-state index in [1.807, 2.05) is 18.2 Å². The molecule has 0 aliphatic rings. The maximum atomic E-state index is 4.67. The second kappa shape index (κ2) is 8.11. The lowest BCUT2D eigenvalue weighted by Gasteiger charge is -2.11. The first-order valence-electron chi connectivity index (χ1n) is 8.25. The molecule has 3 aromatic rings. The number of fused-ring (bicyclic) bond motifs is 1. The molecule has 0 saturated carbocycles. The lowest BCUT2D eigenvalue weighted by molar-refractivity contribution is 0.800. The summed E-state index contributed by atoms with van der Waals surface area (Å²) in [5, 5.41) is 9.09. The number of guanidine groups is 1. The SMILES string of the molecule is CCNC(=NCc1ccc2ccccc2c1)NCc1ccccn1. The number of nitrogens with zero attached hydrogens (tertiary/aromatic N) is 2. The number of pyridine rings is 1. The minimum absolute atomic E-state index is 0.641. The van der Waals surface area contributed by atoms with Gasteiger partial charge in [0.1, 0.15) is 0 Å². The van der Waals surface area contributed by atoms with Crippen LogP contribution in [0.15, 0.2) is 71.9 Å². The Bertz CT molecular complexity index is 812. The Morgan fingerprint density at radius 2 is 1.79 bits per heavy atom. The van der Waals surface area contributed by atoms with E-state index in [1.54, 1.807) is 6.20 Å². The van der Waals surface area contributed by atoms with Crippen molar-refractivity contribution in [1.82, 2.24) is 15.6 Å². The quantitative estimate of drug-likeness (QED) is 0.559. The van der Waals surface area contributed by atoms with Gasteiger partial charge in [0.05, 0.1) is 18.8 Å². The molecule has 1 aromatic heterocycles. The van der Waals surface area contributed by atoms with Gasteiger partial charge in [-0.1, -0.05) is 42.5 Å². The van der Waals surface area contributed by atoms with Gasteiger partial charge in [-0.2, -0.15) is 0 Å². The van der Waals surface area contributed by atoms with Crippen molar-refractivity contribution >= 4 is 16.7 Å². The van der Waals surface area contributed by atoms with Crippen LogP contribution >= 0.6 is 0 Å². The highest BCUT2D eigenvalue weighted by molar-refractivity contribution is 5.83. The maximum Gasteiger partial charge on any atom is 0.191 e. The Labute approximate surface area is 142 Å². The van der Waals surface area contributed by atoms with Gasteiger partial charge in [-0.3, -0.25) is 4.98 Å². The Hall–Kier alpha value is -2.88. The van der Waals surface area contributed by atoms with Crippen molar-refractivity contribution in [2.45, 2.75) is 20.0 Å². The van der Waals surface area contributed by atoms with Crippen LogP contribution in [0.25, 0.3) is 10.8 Å². The smallest absolute Gasteiger partial charge is 0.191 e. The van der Waals surface area contributed by atoms with Crippen LogP contribution in [0.4, 0.5) is 0 Å². The van der Waals surface area contributed by atoms with Gasteiger partial charge in [-0.15, -0.1) is 0 Å². The van der Waals surface area contributed by atoms with Crippen LogP contribution in [0.3, 0.4) is 0 Å². The van der Waals surface area contributed by atoms with Crippen molar-refractivity contribution in [3.8, 4) is 0 Å². The predicted octanol–water partition coefficient (Wildman–Crippen LogP) is 3.49. The average molecular weight is 318 g/mol. The van der Waals surface area contributed by atoms with Gasteiger partial charge in [0.25, 0.3) is 0 Å². The third-order valence-electron chi connectivity index (χ3n) is 3.74. The molecule has 0 bridgehead atoms. The van der Waals surface area contributed by atoms with Gasteiger partial charge in [-0.05, 0) is 41.5 Å². The summed E-state index contributed by atoms with van der Waals surface area (Å²) in [6.45, 7) is 4.19. The number of aliphatic imine (C=N–C) groups is 1. The summed E-state index contributed by atoms with van der Waals surface area (Å²) in [6.07, 6.45) is 1.80. The molecule has 2 N–H and O–H groups in total. The number of rotatable bonds is 5. The first kappa shape index (κ1) is 16.0. The molecule has 0 aliphatic heterocycles. The fourth-order valence-electron chi connectivity index (χ4n) is 2.53. The summed E-state index contributed by atoms with van der Waals surface area (Å²) in [5.41, 5.74) is 2.19. The summed E-state index contributed by atoms with van der Waals surface area (Å²) >= 11 is 0. The van der Waals surface area contributed by atoms with Crippen molar-refractivity contribution < 1.29 is 0 Å². The zero-order valence-corrected chi connectivity index (χ0v) is 13.9. The fraction of sp³-hybridized carbons (Fsp3) is 0.200. The van der Waals surface area contributed by atoms with Crippen LogP contribution in [0.2, 0.25) is 0 Å². The first-order chi connectivity index (χ1) is 11.8. The predicted molar refractivity (Wildman–Crippen MR) is 99.8 cm³/mol. The largest absolute Gasteiger partial charge is 0.357 e. The van der Waals surface area contributed by atoms with E-state index >= 15 is 0 Å². The number of aromatic nitrogens is 1. The highest BCUT2D eigenvalue weighted by Gasteiger charge is 2.00.